The second-order valence-corrected chi connectivity index (χ2v) is 3.98. The number of hydrogen-bond donors (Lipinski definition) is 2. The van der Waals surface area contributed by atoms with Crippen LogP contribution in [-0.2, 0) is 4.79 Å². The van der Waals surface area contributed by atoms with E-state index in [0.717, 1.165) is 25.9 Å². The lowest BCUT2D eigenvalue weighted by molar-refractivity contribution is -0.192. The molecule has 2 N–H and O–H groups in total. The molecule has 0 atom stereocenters. The summed E-state index contributed by atoms with van der Waals surface area (Å²) in [6, 6.07) is 0. The number of carboxylic acids is 1. The number of piperidine rings is 1. The summed E-state index contributed by atoms with van der Waals surface area (Å²) in [7, 11) is 0. The fraction of sp³-hybridized carbons (Fsp3) is 0.700. The quantitative estimate of drug-likeness (QED) is 0.844. The molecule has 0 radical (unpaired) electrons. The van der Waals surface area contributed by atoms with E-state index < -0.39 is 12.1 Å². The van der Waals surface area contributed by atoms with Gasteiger partial charge in [0.25, 0.3) is 0 Å². The molecule has 2 rings (SSSR count). The molecule has 0 spiro atoms. The molecule has 0 unspecified atom stereocenters. The van der Waals surface area contributed by atoms with Gasteiger partial charge in [-0.15, -0.1) is 0 Å². The molecule has 1 fully saturated rings. The summed E-state index contributed by atoms with van der Waals surface area (Å²) < 4.78 is 42.1. The van der Waals surface area contributed by atoms with Gasteiger partial charge in [0.05, 0.1) is 0 Å². The van der Waals surface area contributed by atoms with E-state index in [1.54, 1.807) is 6.92 Å². The Bertz CT molecular complexity index is 430. The summed E-state index contributed by atoms with van der Waals surface area (Å²) >= 11 is 0. The van der Waals surface area contributed by atoms with Gasteiger partial charge in [-0.3, -0.25) is 4.52 Å². The lowest BCUT2D eigenvalue weighted by atomic mass is 10.1. The number of carboxylic acid groups (broad SMARTS) is 1. The SMILES string of the molecule is Cc1noc(OC2CCNCC2)n1.O=C(O)C(F)(F)F. The number of halogens is 3. The van der Waals surface area contributed by atoms with Crippen molar-refractivity contribution in [2.24, 2.45) is 0 Å². The van der Waals surface area contributed by atoms with Crippen LogP contribution in [0.3, 0.4) is 0 Å². The minimum Gasteiger partial charge on any atom is -0.475 e. The van der Waals surface area contributed by atoms with E-state index in [-0.39, 0.29) is 6.10 Å². The van der Waals surface area contributed by atoms with Crippen molar-refractivity contribution in [3.05, 3.63) is 5.82 Å². The van der Waals surface area contributed by atoms with Crippen LogP contribution in [0.15, 0.2) is 4.52 Å². The zero-order chi connectivity index (χ0) is 15.2. The lowest BCUT2D eigenvalue weighted by Crippen LogP contribution is -2.34. The smallest absolute Gasteiger partial charge is 0.475 e. The zero-order valence-electron chi connectivity index (χ0n) is 10.6. The third-order valence-electron chi connectivity index (χ3n) is 2.31. The average Bonchev–Trinajstić information content (AvgIpc) is 2.75. The third kappa shape index (κ3) is 5.87. The summed E-state index contributed by atoms with van der Waals surface area (Å²) in [4.78, 5) is 12.9. The first-order chi connectivity index (χ1) is 9.29. The van der Waals surface area contributed by atoms with E-state index >= 15 is 0 Å². The molecule has 1 saturated heterocycles. The van der Waals surface area contributed by atoms with E-state index in [1.165, 1.54) is 0 Å². The minimum atomic E-state index is -5.08. The largest absolute Gasteiger partial charge is 0.490 e. The van der Waals surface area contributed by atoms with Crippen molar-refractivity contribution in [1.29, 1.82) is 0 Å². The summed E-state index contributed by atoms with van der Waals surface area (Å²) in [5.41, 5.74) is 0. The molecule has 0 bridgehead atoms. The minimum absolute atomic E-state index is 0.223. The molecule has 1 aliphatic rings. The molecule has 0 saturated carbocycles. The van der Waals surface area contributed by atoms with Gasteiger partial charge >= 0.3 is 18.2 Å². The predicted molar refractivity (Wildman–Crippen MR) is 59.2 cm³/mol. The van der Waals surface area contributed by atoms with E-state index in [2.05, 4.69) is 15.5 Å². The molecule has 1 aromatic heterocycles. The number of carbonyl (C=O) groups is 1. The normalized spacial score (nSPS) is 16.2. The molecule has 0 aliphatic carbocycles. The molecule has 0 amide bonds. The Morgan fingerprint density at radius 1 is 1.45 bits per heavy atom. The van der Waals surface area contributed by atoms with Crippen molar-refractivity contribution in [3.8, 4) is 6.08 Å². The van der Waals surface area contributed by atoms with Crippen LogP contribution in [0.5, 0.6) is 6.08 Å². The van der Waals surface area contributed by atoms with Crippen LogP contribution in [0, 0.1) is 6.92 Å². The molecule has 1 aromatic rings. The number of nitrogens with zero attached hydrogens (tertiary/aromatic N) is 2. The number of aryl methyl sites for hydroxylation is 1. The van der Waals surface area contributed by atoms with Gasteiger partial charge in [0.1, 0.15) is 6.10 Å². The number of aliphatic carboxylic acids is 1. The predicted octanol–water partition coefficient (Wildman–Crippen LogP) is 1.14. The standard InChI is InChI=1S/C8H13N3O2.C2HF3O2/c1-6-10-8(13-11-6)12-7-2-4-9-5-3-7;3-2(4,5)1(6)7/h7,9H,2-5H2,1H3;(H,6,7). The van der Waals surface area contributed by atoms with Gasteiger partial charge in [0.15, 0.2) is 5.82 Å². The van der Waals surface area contributed by atoms with Crippen molar-refractivity contribution in [1.82, 2.24) is 15.5 Å². The highest BCUT2D eigenvalue weighted by atomic mass is 19.4. The molecule has 2 heterocycles. The molecule has 20 heavy (non-hydrogen) atoms. The number of alkyl halides is 3. The maximum atomic E-state index is 10.6. The van der Waals surface area contributed by atoms with Crippen LogP contribution in [0.2, 0.25) is 0 Å². The van der Waals surface area contributed by atoms with E-state index in [4.69, 9.17) is 19.2 Å². The number of nitrogens with one attached hydrogen (secondary N) is 1. The second kappa shape index (κ2) is 7.08. The van der Waals surface area contributed by atoms with Gasteiger partial charge in [-0.25, -0.2) is 4.79 Å². The third-order valence-corrected chi connectivity index (χ3v) is 2.31. The topological polar surface area (TPSA) is 97.5 Å². The Labute approximate surface area is 112 Å². The summed E-state index contributed by atoms with van der Waals surface area (Å²) in [6.07, 6.45) is -2.56. The molecular weight excluding hydrogens is 283 g/mol. The van der Waals surface area contributed by atoms with Crippen molar-refractivity contribution >= 4 is 5.97 Å². The number of rotatable bonds is 2. The van der Waals surface area contributed by atoms with Crippen LogP contribution in [0.25, 0.3) is 0 Å². The second-order valence-electron chi connectivity index (χ2n) is 3.98. The Balaban J connectivity index is 0.000000246. The van der Waals surface area contributed by atoms with Gasteiger partial charge in [0, 0.05) is 0 Å². The number of hydrogen-bond acceptors (Lipinski definition) is 6. The van der Waals surface area contributed by atoms with Crippen molar-refractivity contribution in [2.45, 2.75) is 32.0 Å². The van der Waals surface area contributed by atoms with Crippen molar-refractivity contribution in [2.75, 3.05) is 13.1 Å². The Kier molecular flexibility index (Phi) is 5.74. The first kappa shape index (κ1) is 16.2. The van der Waals surface area contributed by atoms with Crippen LogP contribution >= 0.6 is 0 Å². The van der Waals surface area contributed by atoms with Crippen LogP contribution in [0.4, 0.5) is 13.2 Å². The van der Waals surface area contributed by atoms with E-state index in [0.29, 0.717) is 11.9 Å². The highest BCUT2D eigenvalue weighted by Gasteiger charge is 2.38. The number of ether oxygens (including phenoxy) is 1. The summed E-state index contributed by atoms with van der Waals surface area (Å²) in [5.74, 6) is -2.14. The molecule has 10 heteroatoms. The highest BCUT2D eigenvalue weighted by molar-refractivity contribution is 5.73. The summed E-state index contributed by atoms with van der Waals surface area (Å²) in [5, 5.41) is 14.0. The van der Waals surface area contributed by atoms with Crippen LogP contribution < -0.4 is 10.1 Å². The van der Waals surface area contributed by atoms with Gasteiger partial charge in [-0.2, -0.15) is 18.2 Å². The van der Waals surface area contributed by atoms with Crippen LogP contribution in [-0.4, -0.2) is 46.6 Å². The van der Waals surface area contributed by atoms with Crippen LogP contribution in [0.1, 0.15) is 18.7 Å². The summed E-state index contributed by atoms with van der Waals surface area (Å²) in [6.45, 7) is 3.77. The fourth-order valence-corrected chi connectivity index (χ4v) is 1.38. The maximum absolute atomic E-state index is 10.6. The Morgan fingerprint density at radius 3 is 2.40 bits per heavy atom. The van der Waals surface area contributed by atoms with Crippen molar-refractivity contribution in [3.63, 3.8) is 0 Å². The molecule has 114 valence electrons. The van der Waals surface area contributed by atoms with Crippen molar-refractivity contribution < 1.29 is 32.3 Å². The molecule has 7 nitrogen and oxygen atoms in total. The van der Waals surface area contributed by atoms with Gasteiger partial charge in [-0.1, -0.05) is 5.16 Å². The van der Waals surface area contributed by atoms with E-state index in [9.17, 15) is 13.2 Å². The average molecular weight is 297 g/mol. The fourth-order valence-electron chi connectivity index (χ4n) is 1.38. The Morgan fingerprint density at radius 2 is 2.00 bits per heavy atom. The van der Waals surface area contributed by atoms with E-state index in [1.807, 2.05) is 0 Å². The number of aromatic nitrogens is 2. The lowest BCUT2D eigenvalue weighted by Gasteiger charge is -2.21. The monoisotopic (exact) mass is 297 g/mol. The molecule has 0 aromatic carbocycles. The molecule has 1 aliphatic heterocycles. The first-order valence-corrected chi connectivity index (χ1v) is 5.77. The van der Waals surface area contributed by atoms with Gasteiger partial charge in [0.2, 0.25) is 0 Å². The molecular formula is C10H14F3N3O4. The maximum Gasteiger partial charge on any atom is 0.490 e. The van der Waals surface area contributed by atoms with Gasteiger partial charge in [-0.05, 0) is 32.9 Å². The van der Waals surface area contributed by atoms with Gasteiger partial charge < -0.3 is 15.2 Å². The first-order valence-electron chi connectivity index (χ1n) is 5.77. The zero-order valence-corrected chi connectivity index (χ0v) is 10.6. The highest BCUT2D eigenvalue weighted by Crippen LogP contribution is 2.14. The Hall–Kier alpha value is -1.84.